The van der Waals surface area contributed by atoms with Crippen molar-refractivity contribution in [1.82, 2.24) is 20.3 Å². The van der Waals surface area contributed by atoms with E-state index >= 15 is 0 Å². The van der Waals surface area contributed by atoms with Gasteiger partial charge in [0, 0.05) is 32.2 Å². The lowest BCUT2D eigenvalue weighted by atomic mass is 9.92. The molecule has 0 aliphatic carbocycles. The maximum Gasteiger partial charge on any atom is 0.227 e. The number of halogens is 1. The highest BCUT2D eigenvalue weighted by atomic mass is 127. The van der Waals surface area contributed by atoms with Crippen LogP contribution >= 0.6 is 24.0 Å². The summed E-state index contributed by atoms with van der Waals surface area (Å²) >= 11 is 0. The molecule has 0 atom stereocenters. The molecule has 8 nitrogen and oxygen atoms in total. The van der Waals surface area contributed by atoms with Gasteiger partial charge in [-0.25, -0.2) is 12.7 Å². The quantitative estimate of drug-likeness (QED) is 0.255. The average Bonchev–Trinajstić information content (AvgIpc) is 2.60. The second-order valence-electron chi connectivity index (χ2n) is 7.16. The molecule has 0 aromatic rings. The summed E-state index contributed by atoms with van der Waals surface area (Å²) in [6.45, 7) is 12.0. The number of hydrogen-bond acceptors (Lipinski definition) is 4. The molecule has 0 radical (unpaired) electrons. The van der Waals surface area contributed by atoms with E-state index in [0.717, 1.165) is 19.4 Å². The van der Waals surface area contributed by atoms with Crippen molar-refractivity contribution >= 4 is 45.9 Å². The third kappa shape index (κ3) is 8.51. The summed E-state index contributed by atoms with van der Waals surface area (Å²) in [4.78, 5) is 16.7. The summed E-state index contributed by atoms with van der Waals surface area (Å²) in [6.07, 6.45) is 1.48. The lowest BCUT2D eigenvalue weighted by Crippen LogP contribution is -2.50. The lowest BCUT2D eigenvalue weighted by molar-refractivity contribution is -0.128. The number of carbonyl (C=O) groups excluding carboxylic acids is 1. The van der Waals surface area contributed by atoms with Gasteiger partial charge in [-0.15, -0.1) is 24.0 Å². The third-order valence-electron chi connectivity index (χ3n) is 4.48. The summed E-state index contributed by atoms with van der Waals surface area (Å²) < 4.78 is 25.5. The largest absolute Gasteiger partial charge is 0.357 e. The zero-order valence-corrected chi connectivity index (χ0v) is 20.3. The second-order valence-corrected chi connectivity index (χ2v) is 9.41. The molecule has 1 heterocycles. The minimum Gasteiger partial charge on any atom is -0.357 e. The maximum absolute atomic E-state index is 12.1. The number of guanidine groups is 1. The Hall–Kier alpha value is -0.620. The number of amides is 1. The van der Waals surface area contributed by atoms with Crippen LogP contribution in [0.1, 0.15) is 47.5 Å². The molecule has 10 heteroatoms. The van der Waals surface area contributed by atoms with E-state index < -0.39 is 15.4 Å². The SMILES string of the molecule is CCNC(=O)C(C)(C)CN=C(NCC)NC1CCN(S(=O)(=O)CC)CC1.I. The van der Waals surface area contributed by atoms with Crippen LogP contribution in [0.4, 0.5) is 0 Å². The molecular weight excluding hydrogens is 481 g/mol. The first-order valence-corrected chi connectivity index (χ1v) is 11.1. The molecule has 0 unspecified atom stereocenters. The molecule has 3 N–H and O–H groups in total. The summed E-state index contributed by atoms with van der Waals surface area (Å²) in [5.74, 6) is 0.795. The van der Waals surface area contributed by atoms with Gasteiger partial charge >= 0.3 is 0 Å². The van der Waals surface area contributed by atoms with Gasteiger partial charge in [-0.2, -0.15) is 0 Å². The van der Waals surface area contributed by atoms with Gasteiger partial charge in [-0.05, 0) is 47.5 Å². The molecule has 160 valence electrons. The number of rotatable bonds is 8. The van der Waals surface area contributed by atoms with Gasteiger partial charge in [0.2, 0.25) is 15.9 Å². The first kappa shape index (κ1) is 26.4. The molecule has 1 amide bonds. The first-order valence-electron chi connectivity index (χ1n) is 9.47. The summed E-state index contributed by atoms with van der Waals surface area (Å²) in [7, 11) is -3.11. The zero-order chi connectivity index (χ0) is 19.8. The Morgan fingerprint density at radius 2 is 1.67 bits per heavy atom. The Bertz CT molecular complexity index is 587. The molecule has 1 saturated heterocycles. The first-order chi connectivity index (χ1) is 12.2. The molecule has 1 aliphatic rings. The minimum absolute atomic E-state index is 0. The number of carbonyl (C=O) groups is 1. The van der Waals surface area contributed by atoms with Gasteiger partial charge in [0.05, 0.1) is 17.7 Å². The zero-order valence-electron chi connectivity index (χ0n) is 17.2. The molecule has 0 spiro atoms. The van der Waals surface area contributed by atoms with Crippen LogP contribution < -0.4 is 16.0 Å². The Morgan fingerprint density at radius 3 is 2.15 bits per heavy atom. The summed E-state index contributed by atoms with van der Waals surface area (Å²) in [5, 5.41) is 9.41. The van der Waals surface area contributed by atoms with E-state index in [1.165, 1.54) is 0 Å². The Balaban J connectivity index is 0.00000676. The fraction of sp³-hybridized carbons (Fsp3) is 0.882. The summed E-state index contributed by atoms with van der Waals surface area (Å²) in [5.41, 5.74) is -0.586. The number of piperidine rings is 1. The highest BCUT2D eigenvalue weighted by Crippen LogP contribution is 2.16. The van der Waals surface area contributed by atoms with Crippen LogP contribution in [0.5, 0.6) is 0 Å². The van der Waals surface area contributed by atoms with E-state index in [1.807, 2.05) is 27.7 Å². The Kier molecular flexibility index (Phi) is 11.8. The van der Waals surface area contributed by atoms with Crippen molar-refractivity contribution in [3.05, 3.63) is 0 Å². The lowest BCUT2D eigenvalue weighted by Gasteiger charge is -2.32. The molecular formula is C17H36IN5O3S. The molecule has 1 aliphatic heterocycles. The van der Waals surface area contributed by atoms with Gasteiger partial charge < -0.3 is 16.0 Å². The molecule has 1 fully saturated rings. The van der Waals surface area contributed by atoms with Crippen molar-refractivity contribution in [3.8, 4) is 0 Å². The number of nitrogens with zero attached hydrogens (tertiary/aromatic N) is 2. The molecule has 0 saturated carbocycles. The van der Waals surface area contributed by atoms with E-state index in [-0.39, 0.29) is 41.7 Å². The van der Waals surface area contributed by atoms with E-state index in [9.17, 15) is 13.2 Å². The average molecular weight is 517 g/mol. The van der Waals surface area contributed by atoms with Gasteiger partial charge in [0.15, 0.2) is 5.96 Å². The topological polar surface area (TPSA) is 103 Å². The van der Waals surface area contributed by atoms with E-state index in [4.69, 9.17) is 0 Å². The number of aliphatic imine (C=N–C) groups is 1. The van der Waals surface area contributed by atoms with E-state index in [1.54, 1.807) is 11.2 Å². The normalized spacial score (nSPS) is 17.1. The monoisotopic (exact) mass is 517 g/mol. The van der Waals surface area contributed by atoms with Crippen molar-refractivity contribution < 1.29 is 13.2 Å². The third-order valence-corrected chi connectivity index (χ3v) is 6.36. The Labute approximate surface area is 181 Å². The number of hydrogen-bond donors (Lipinski definition) is 3. The van der Waals surface area contributed by atoms with Crippen molar-refractivity contribution in [2.75, 3.05) is 38.5 Å². The van der Waals surface area contributed by atoms with E-state index in [0.29, 0.717) is 32.1 Å². The maximum atomic E-state index is 12.1. The van der Waals surface area contributed by atoms with Crippen molar-refractivity contribution in [3.63, 3.8) is 0 Å². The molecule has 0 bridgehead atoms. The van der Waals surface area contributed by atoms with Crippen LogP contribution in [0.25, 0.3) is 0 Å². The fourth-order valence-corrected chi connectivity index (χ4v) is 3.85. The fourth-order valence-electron chi connectivity index (χ4n) is 2.72. The molecule has 1 rings (SSSR count). The van der Waals surface area contributed by atoms with Gasteiger partial charge in [-0.3, -0.25) is 9.79 Å². The minimum atomic E-state index is -3.11. The van der Waals surface area contributed by atoms with Gasteiger partial charge in [0.25, 0.3) is 0 Å². The van der Waals surface area contributed by atoms with Gasteiger partial charge in [0.1, 0.15) is 0 Å². The number of nitrogens with one attached hydrogen (secondary N) is 3. The number of sulfonamides is 1. The molecule has 27 heavy (non-hydrogen) atoms. The van der Waals surface area contributed by atoms with Crippen molar-refractivity contribution in [1.29, 1.82) is 0 Å². The molecule has 0 aromatic heterocycles. The van der Waals surface area contributed by atoms with E-state index in [2.05, 4.69) is 20.9 Å². The highest BCUT2D eigenvalue weighted by molar-refractivity contribution is 14.0. The predicted octanol–water partition coefficient (Wildman–Crippen LogP) is 1.14. The smallest absolute Gasteiger partial charge is 0.227 e. The predicted molar refractivity (Wildman–Crippen MR) is 121 cm³/mol. The van der Waals surface area contributed by atoms with Crippen molar-refractivity contribution in [2.45, 2.75) is 53.5 Å². The summed E-state index contributed by atoms with van der Waals surface area (Å²) in [6, 6.07) is 0.170. The van der Waals surface area contributed by atoms with Gasteiger partial charge in [-0.1, -0.05) is 0 Å². The van der Waals surface area contributed by atoms with Crippen LogP contribution in [0, 0.1) is 5.41 Å². The van der Waals surface area contributed by atoms with Crippen LogP contribution in [0.3, 0.4) is 0 Å². The van der Waals surface area contributed by atoms with Crippen molar-refractivity contribution in [2.24, 2.45) is 10.4 Å². The highest BCUT2D eigenvalue weighted by Gasteiger charge is 2.29. The molecule has 0 aromatic carbocycles. The Morgan fingerprint density at radius 1 is 1.11 bits per heavy atom. The standard InChI is InChI=1S/C17H35N5O3S.HI/c1-6-18-15(23)17(4,5)13-20-16(19-7-2)21-14-9-11-22(12-10-14)26(24,25)8-3;/h14H,6-13H2,1-5H3,(H,18,23)(H2,19,20,21);1H. The van der Waals surface area contributed by atoms with Crippen LogP contribution in [0.15, 0.2) is 4.99 Å². The van der Waals surface area contributed by atoms with Crippen LogP contribution in [-0.2, 0) is 14.8 Å². The second kappa shape index (κ2) is 12.1. The van der Waals surface area contributed by atoms with Crippen LogP contribution in [-0.4, -0.2) is 69.1 Å². The van der Waals surface area contributed by atoms with Crippen LogP contribution in [0.2, 0.25) is 0 Å².